The van der Waals surface area contributed by atoms with Crippen LogP contribution in [0.2, 0.25) is 10.0 Å². The van der Waals surface area contributed by atoms with Crippen molar-refractivity contribution in [3.63, 3.8) is 0 Å². The van der Waals surface area contributed by atoms with Crippen molar-refractivity contribution in [2.75, 3.05) is 7.11 Å². The summed E-state index contributed by atoms with van der Waals surface area (Å²) in [4.78, 5) is 3.32. The molecule has 1 aromatic rings. The lowest BCUT2D eigenvalue weighted by Crippen LogP contribution is -2.14. The molecule has 1 heterocycles. The van der Waals surface area contributed by atoms with Gasteiger partial charge in [0.15, 0.2) is 12.0 Å². The number of ether oxygens (including phenoxy) is 2. The van der Waals surface area contributed by atoms with Crippen molar-refractivity contribution in [1.29, 1.82) is 0 Å². The monoisotopic (exact) mass is 239 g/mol. The molecule has 1 rings (SSSR count). The molecule has 1 unspecified atom stereocenters. The van der Waals surface area contributed by atoms with Crippen molar-refractivity contribution in [3.8, 4) is 5.75 Å². The summed E-state index contributed by atoms with van der Waals surface area (Å²) < 4.78 is 22.9. The number of rotatable bonds is 3. The molecule has 0 N–H and O–H groups in total. The Labute approximate surface area is 90.7 Å². The summed E-state index contributed by atoms with van der Waals surface area (Å²) in [5.74, 6) is -0.787. The number of methoxy groups -OCH3 is 1. The predicted octanol–water partition coefficient (Wildman–Crippen LogP) is 2.90. The van der Waals surface area contributed by atoms with Crippen molar-refractivity contribution in [1.82, 2.24) is 4.98 Å². The Balaban J connectivity index is 3.00. The molecule has 0 radical (unpaired) electrons. The van der Waals surface area contributed by atoms with Gasteiger partial charge >= 0.3 is 0 Å². The van der Waals surface area contributed by atoms with Crippen LogP contribution in [0.15, 0.2) is 6.20 Å². The summed E-state index contributed by atoms with van der Waals surface area (Å²) in [5.41, 5.74) is 0. The van der Waals surface area contributed by atoms with Gasteiger partial charge in [0.25, 0.3) is 0 Å². The number of aromatic nitrogens is 1. The zero-order valence-corrected chi connectivity index (χ0v) is 9.06. The van der Waals surface area contributed by atoms with E-state index in [1.54, 1.807) is 6.92 Å². The lowest BCUT2D eigenvalue weighted by Gasteiger charge is -2.14. The number of pyridine rings is 1. The van der Waals surface area contributed by atoms with Gasteiger partial charge in [-0.15, -0.1) is 0 Å². The number of hydrogen-bond donors (Lipinski definition) is 0. The number of nitrogens with zero attached hydrogens (tertiary/aromatic N) is 1. The van der Waals surface area contributed by atoms with E-state index >= 15 is 0 Å². The van der Waals surface area contributed by atoms with E-state index in [0.717, 1.165) is 6.20 Å². The van der Waals surface area contributed by atoms with Gasteiger partial charge in [0, 0.05) is 7.11 Å². The second-order valence-electron chi connectivity index (χ2n) is 2.46. The van der Waals surface area contributed by atoms with Gasteiger partial charge in [0.1, 0.15) is 10.0 Å². The maximum absolute atomic E-state index is 12.9. The fourth-order valence-electron chi connectivity index (χ4n) is 0.749. The molecule has 1 atom stereocenters. The molecule has 3 nitrogen and oxygen atoms in total. The quantitative estimate of drug-likeness (QED) is 0.601. The Kier molecular flexibility index (Phi) is 3.92. The van der Waals surface area contributed by atoms with E-state index < -0.39 is 12.2 Å². The predicted molar refractivity (Wildman–Crippen MR) is 51.3 cm³/mol. The molecule has 0 saturated heterocycles. The van der Waals surface area contributed by atoms with Crippen molar-refractivity contribution in [2.45, 2.75) is 13.2 Å². The zero-order valence-electron chi connectivity index (χ0n) is 7.55. The molecule has 0 aliphatic rings. The Morgan fingerprint density at radius 3 is 2.71 bits per heavy atom. The molecule has 78 valence electrons. The van der Waals surface area contributed by atoms with Crippen LogP contribution in [0.25, 0.3) is 0 Å². The molecule has 0 aromatic carbocycles. The maximum Gasteiger partial charge on any atom is 0.235 e. The van der Waals surface area contributed by atoms with Crippen LogP contribution in [0.4, 0.5) is 4.39 Å². The van der Waals surface area contributed by atoms with Crippen LogP contribution in [0.5, 0.6) is 5.75 Å². The third kappa shape index (κ3) is 2.47. The highest BCUT2D eigenvalue weighted by molar-refractivity contribution is 6.37. The third-order valence-corrected chi connectivity index (χ3v) is 2.10. The second-order valence-corrected chi connectivity index (χ2v) is 3.25. The maximum atomic E-state index is 12.9. The van der Waals surface area contributed by atoms with Crippen LogP contribution < -0.4 is 4.74 Å². The minimum atomic E-state index is -0.825. The average molecular weight is 240 g/mol. The Hall–Kier alpha value is -0.580. The Morgan fingerprint density at radius 2 is 2.14 bits per heavy atom. The first-order chi connectivity index (χ1) is 6.56. The van der Waals surface area contributed by atoms with E-state index in [4.69, 9.17) is 32.7 Å². The van der Waals surface area contributed by atoms with E-state index in [9.17, 15) is 4.39 Å². The molecule has 0 fully saturated rings. The first kappa shape index (κ1) is 11.5. The summed E-state index contributed by atoms with van der Waals surface area (Å²) in [5, 5.41) is -0.110. The topological polar surface area (TPSA) is 31.4 Å². The van der Waals surface area contributed by atoms with Crippen LogP contribution in [-0.4, -0.2) is 18.4 Å². The fourth-order valence-corrected chi connectivity index (χ4v) is 1.18. The van der Waals surface area contributed by atoms with Crippen molar-refractivity contribution in [3.05, 3.63) is 22.2 Å². The van der Waals surface area contributed by atoms with Crippen molar-refractivity contribution < 1.29 is 13.9 Å². The standard InChI is InChI=1S/C8H8Cl2FNO2/c1-4(13-2)14-7-5(9)3-12-8(11)6(7)10/h3-4H,1-2H3. The summed E-state index contributed by atoms with van der Waals surface area (Å²) in [6, 6.07) is 0. The minimum Gasteiger partial charge on any atom is -0.462 e. The molecular formula is C8H8Cl2FNO2. The minimum absolute atomic E-state index is 0.0372. The van der Waals surface area contributed by atoms with Crippen LogP contribution in [0.3, 0.4) is 0 Å². The molecule has 0 aliphatic heterocycles. The fraction of sp³-hybridized carbons (Fsp3) is 0.375. The molecule has 14 heavy (non-hydrogen) atoms. The van der Waals surface area contributed by atoms with E-state index in [1.165, 1.54) is 7.11 Å². The largest absolute Gasteiger partial charge is 0.462 e. The first-order valence-electron chi connectivity index (χ1n) is 3.75. The van der Waals surface area contributed by atoms with Crippen LogP contribution in [0, 0.1) is 5.95 Å². The summed E-state index contributed by atoms with van der Waals surface area (Å²) in [6.45, 7) is 1.63. The lowest BCUT2D eigenvalue weighted by atomic mass is 10.4. The van der Waals surface area contributed by atoms with Gasteiger partial charge in [-0.05, 0) is 6.92 Å². The number of halogens is 3. The van der Waals surface area contributed by atoms with Gasteiger partial charge in [-0.2, -0.15) is 4.39 Å². The zero-order chi connectivity index (χ0) is 10.7. The van der Waals surface area contributed by atoms with Crippen LogP contribution >= 0.6 is 23.2 Å². The molecule has 1 aromatic heterocycles. The highest BCUT2D eigenvalue weighted by Crippen LogP contribution is 2.34. The SMILES string of the molecule is COC(C)Oc1c(Cl)cnc(F)c1Cl. The Morgan fingerprint density at radius 1 is 1.50 bits per heavy atom. The highest BCUT2D eigenvalue weighted by Gasteiger charge is 2.15. The second kappa shape index (κ2) is 4.77. The van der Waals surface area contributed by atoms with E-state index in [-0.39, 0.29) is 15.8 Å². The van der Waals surface area contributed by atoms with Gasteiger partial charge in [0.05, 0.1) is 6.20 Å². The summed E-state index contributed by atoms with van der Waals surface area (Å²) in [7, 11) is 1.45. The molecule has 0 saturated carbocycles. The summed E-state index contributed by atoms with van der Waals surface area (Å²) in [6.07, 6.45) is 0.562. The van der Waals surface area contributed by atoms with E-state index in [2.05, 4.69) is 4.98 Å². The smallest absolute Gasteiger partial charge is 0.235 e. The van der Waals surface area contributed by atoms with Crippen molar-refractivity contribution in [2.24, 2.45) is 0 Å². The van der Waals surface area contributed by atoms with Gasteiger partial charge in [-0.1, -0.05) is 23.2 Å². The summed E-state index contributed by atoms with van der Waals surface area (Å²) >= 11 is 11.3. The van der Waals surface area contributed by atoms with E-state index in [1.807, 2.05) is 0 Å². The number of hydrogen-bond acceptors (Lipinski definition) is 3. The molecule has 0 amide bonds. The lowest BCUT2D eigenvalue weighted by molar-refractivity contribution is -0.0383. The van der Waals surface area contributed by atoms with Gasteiger partial charge in [-0.25, -0.2) is 4.98 Å². The van der Waals surface area contributed by atoms with Crippen molar-refractivity contribution >= 4 is 23.2 Å². The molecule has 0 bridgehead atoms. The molecular weight excluding hydrogens is 232 g/mol. The van der Waals surface area contributed by atoms with Crippen LogP contribution in [-0.2, 0) is 4.74 Å². The van der Waals surface area contributed by atoms with Gasteiger partial charge < -0.3 is 9.47 Å². The normalized spacial score (nSPS) is 12.6. The third-order valence-electron chi connectivity index (χ3n) is 1.50. The molecule has 6 heteroatoms. The van der Waals surface area contributed by atoms with Gasteiger partial charge in [0.2, 0.25) is 5.95 Å². The van der Waals surface area contributed by atoms with E-state index in [0.29, 0.717) is 0 Å². The molecule has 0 aliphatic carbocycles. The van der Waals surface area contributed by atoms with Gasteiger partial charge in [-0.3, -0.25) is 0 Å². The Bertz CT molecular complexity index is 335. The van der Waals surface area contributed by atoms with Crippen LogP contribution in [0.1, 0.15) is 6.92 Å². The molecule has 0 spiro atoms. The highest BCUT2D eigenvalue weighted by atomic mass is 35.5. The first-order valence-corrected chi connectivity index (χ1v) is 4.50. The average Bonchev–Trinajstić information content (AvgIpc) is 2.18.